The average Bonchev–Trinajstić information content (AvgIpc) is 2.73. The maximum absolute atomic E-state index is 10.4. The number of hydrogen-bond acceptors (Lipinski definition) is 4. The maximum Gasteiger partial charge on any atom is 0.303 e. The second-order valence-electron chi connectivity index (χ2n) is 3.92. The molecule has 1 atom stereocenters. The molecular weight excluding hydrogens is 220 g/mol. The van der Waals surface area contributed by atoms with E-state index in [-0.39, 0.29) is 12.5 Å². The van der Waals surface area contributed by atoms with Gasteiger partial charge in [-0.15, -0.1) is 0 Å². The quantitative estimate of drug-likeness (QED) is 0.817. The average molecular weight is 234 g/mol. The first-order valence-corrected chi connectivity index (χ1v) is 5.44. The van der Waals surface area contributed by atoms with E-state index in [0.29, 0.717) is 6.42 Å². The van der Waals surface area contributed by atoms with Crippen molar-refractivity contribution in [2.24, 2.45) is 0 Å². The first-order chi connectivity index (χ1) is 8.15. The molecule has 17 heavy (non-hydrogen) atoms. The van der Waals surface area contributed by atoms with Gasteiger partial charge in [0.2, 0.25) is 0 Å². The molecule has 6 nitrogen and oxygen atoms in total. The van der Waals surface area contributed by atoms with E-state index in [2.05, 4.69) is 15.4 Å². The molecule has 0 fully saturated rings. The maximum atomic E-state index is 10.4. The number of nitrogens with zero attached hydrogens (tertiary/aromatic N) is 3. The molecular formula is C11H14N4O2. The highest BCUT2D eigenvalue weighted by Crippen LogP contribution is 2.09. The van der Waals surface area contributed by atoms with E-state index in [1.165, 1.54) is 0 Å². The fraction of sp³-hybridized carbons (Fsp3) is 0.364. The van der Waals surface area contributed by atoms with E-state index in [4.69, 9.17) is 5.11 Å². The summed E-state index contributed by atoms with van der Waals surface area (Å²) in [5.74, 6) is -0.0475. The van der Waals surface area contributed by atoms with Crippen molar-refractivity contribution in [1.82, 2.24) is 14.6 Å². The molecule has 6 heteroatoms. The molecule has 0 spiro atoms. The van der Waals surface area contributed by atoms with Crippen LogP contribution in [0.1, 0.15) is 19.8 Å². The number of anilines is 1. The Bertz CT molecular complexity index is 523. The first kappa shape index (κ1) is 11.4. The molecule has 0 saturated carbocycles. The van der Waals surface area contributed by atoms with Gasteiger partial charge in [-0.3, -0.25) is 4.79 Å². The molecule has 2 aromatic rings. The van der Waals surface area contributed by atoms with Gasteiger partial charge in [0.25, 0.3) is 0 Å². The zero-order valence-corrected chi connectivity index (χ0v) is 9.50. The van der Waals surface area contributed by atoms with Crippen LogP contribution >= 0.6 is 0 Å². The molecule has 2 aromatic heterocycles. The summed E-state index contributed by atoms with van der Waals surface area (Å²) >= 11 is 0. The zero-order chi connectivity index (χ0) is 12.3. The summed E-state index contributed by atoms with van der Waals surface area (Å²) in [5.41, 5.74) is 0.764. The van der Waals surface area contributed by atoms with Gasteiger partial charge < -0.3 is 10.4 Å². The van der Waals surface area contributed by atoms with Crippen LogP contribution in [0, 0.1) is 0 Å². The van der Waals surface area contributed by atoms with E-state index in [0.717, 1.165) is 11.5 Å². The normalized spacial score (nSPS) is 12.5. The third kappa shape index (κ3) is 2.93. The number of carboxylic acid groups (broad SMARTS) is 1. The lowest BCUT2D eigenvalue weighted by atomic mass is 10.2. The van der Waals surface area contributed by atoms with Crippen LogP contribution in [0.15, 0.2) is 24.5 Å². The van der Waals surface area contributed by atoms with Crippen LogP contribution in [-0.4, -0.2) is 31.7 Å². The molecule has 2 heterocycles. The SMILES string of the molecule is CC(CCC(=O)O)Nc1ccn2nccc2n1. The van der Waals surface area contributed by atoms with E-state index in [1.54, 1.807) is 10.7 Å². The van der Waals surface area contributed by atoms with Crippen LogP contribution in [0.5, 0.6) is 0 Å². The molecule has 0 amide bonds. The Morgan fingerprint density at radius 1 is 1.59 bits per heavy atom. The van der Waals surface area contributed by atoms with E-state index >= 15 is 0 Å². The Morgan fingerprint density at radius 2 is 2.41 bits per heavy atom. The Hall–Kier alpha value is -2.11. The number of carboxylic acids is 1. The molecule has 0 aliphatic carbocycles. The summed E-state index contributed by atoms with van der Waals surface area (Å²) < 4.78 is 1.67. The minimum atomic E-state index is -0.780. The molecule has 2 rings (SSSR count). The highest BCUT2D eigenvalue weighted by molar-refractivity contribution is 5.66. The van der Waals surface area contributed by atoms with Gasteiger partial charge in [0.05, 0.1) is 6.20 Å². The van der Waals surface area contributed by atoms with Crippen LogP contribution in [0.2, 0.25) is 0 Å². The lowest BCUT2D eigenvalue weighted by molar-refractivity contribution is -0.137. The third-order valence-electron chi connectivity index (χ3n) is 2.44. The van der Waals surface area contributed by atoms with Gasteiger partial charge in [-0.1, -0.05) is 0 Å². The molecule has 90 valence electrons. The monoisotopic (exact) mass is 234 g/mol. The summed E-state index contributed by atoms with van der Waals surface area (Å²) in [6, 6.07) is 3.70. The molecule has 0 aliphatic rings. The van der Waals surface area contributed by atoms with Crippen LogP contribution in [0.3, 0.4) is 0 Å². The molecule has 0 aliphatic heterocycles. The van der Waals surface area contributed by atoms with E-state index < -0.39 is 5.97 Å². The number of fused-ring (bicyclic) bond motifs is 1. The van der Waals surface area contributed by atoms with Crippen LogP contribution < -0.4 is 5.32 Å². The van der Waals surface area contributed by atoms with Gasteiger partial charge in [0, 0.05) is 24.7 Å². The number of nitrogens with one attached hydrogen (secondary N) is 1. The van der Waals surface area contributed by atoms with Crippen molar-refractivity contribution in [2.75, 3.05) is 5.32 Å². The van der Waals surface area contributed by atoms with Crippen molar-refractivity contribution < 1.29 is 9.90 Å². The summed E-state index contributed by atoms with van der Waals surface area (Å²) in [6.45, 7) is 1.94. The Kier molecular flexibility index (Phi) is 3.22. The van der Waals surface area contributed by atoms with Crippen molar-refractivity contribution in [3.05, 3.63) is 24.5 Å². The number of carbonyl (C=O) groups is 1. The minimum absolute atomic E-state index is 0.0731. The zero-order valence-electron chi connectivity index (χ0n) is 9.50. The number of aromatic nitrogens is 3. The smallest absolute Gasteiger partial charge is 0.303 e. The summed E-state index contributed by atoms with van der Waals surface area (Å²) in [5, 5.41) is 15.8. The number of aliphatic carboxylic acids is 1. The topological polar surface area (TPSA) is 79.5 Å². The molecule has 1 unspecified atom stereocenters. The fourth-order valence-electron chi connectivity index (χ4n) is 1.56. The molecule has 0 radical (unpaired) electrons. The van der Waals surface area contributed by atoms with Gasteiger partial charge in [0.1, 0.15) is 5.82 Å². The van der Waals surface area contributed by atoms with E-state index in [9.17, 15) is 4.79 Å². The second kappa shape index (κ2) is 4.82. The van der Waals surface area contributed by atoms with Crippen molar-refractivity contribution in [3.8, 4) is 0 Å². The molecule has 0 bridgehead atoms. The van der Waals surface area contributed by atoms with Crippen molar-refractivity contribution >= 4 is 17.4 Å². The van der Waals surface area contributed by atoms with E-state index in [1.807, 2.05) is 25.3 Å². The molecule has 0 aromatic carbocycles. The van der Waals surface area contributed by atoms with Gasteiger partial charge in [-0.25, -0.2) is 9.50 Å². The van der Waals surface area contributed by atoms with Gasteiger partial charge in [-0.2, -0.15) is 5.10 Å². The Morgan fingerprint density at radius 3 is 3.18 bits per heavy atom. The molecule has 2 N–H and O–H groups in total. The fourth-order valence-corrected chi connectivity index (χ4v) is 1.56. The largest absolute Gasteiger partial charge is 0.481 e. The van der Waals surface area contributed by atoms with Crippen LogP contribution in [0.25, 0.3) is 5.65 Å². The van der Waals surface area contributed by atoms with Crippen molar-refractivity contribution in [3.63, 3.8) is 0 Å². The predicted molar refractivity (Wildman–Crippen MR) is 62.9 cm³/mol. The first-order valence-electron chi connectivity index (χ1n) is 5.44. The number of hydrogen-bond donors (Lipinski definition) is 2. The van der Waals surface area contributed by atoms with Crippen LogP contribution in [-0.2, 0) is 4.79 Å². The van der Waals surface area contributed by atoms with Crippen LogP contribution in [0.4, 0.5) is 5.82 Å². The highest BCUT2D eigenvalue weighted by Gasteiger charge is 2.06. The lowest BCUT2D eigenvalue weighted by Crippen LogP contribution is -2.17. The summed E-state index contributed by atoms with van der Waals surface area (Å²) in [4.78, 5) is 14.8. The lowest BCUT2D eigenvalue weighted by Gasteiger charge is -2.13. The second-order valence-corrected chi connectivity index (χ2v) is 3.92. The van der Waals surface area contributed by atoms with Crippen molar-refractivity contribution in [1.29, 1.82) is 0 Å². The summed E-state index contributed by atoms with van der Waals surface area (Å²) in [6.07, 6.45) is 4.22. The minimum Gasteiger partial charge on any atom is -0.481 e. The standard InChI is InChI=1S/C11H14N4O2/c1-8(2-3-11(16)17)13-9-5-7-15-10(14-9)4-6-12-15/h4-8H,2-3H2,1H3,(H,13,14)(H,16,17). The number of rotatable bonds is 5. The van der Waals surface area contributed by atoms with Gasteiger partial charge in [-0.05, 0) is 19.4 Å². The highest BCUT2D eigenvalue weighted by atomic mass is 16.4. The predicted octanol–water partition coefficient (Wildman–Crippen LogP) is 1.39. The third-order valence-corrected chi connectivity index (χ3v) is 2.44. The molecule has 0 saturated heterocycles. The van der Waals surface area contributed by atoms with Gasteiger partial charge in [0.15, 0.2) is 5.65 Å². The van der Waals surface area contributed by atoms with Crippen molar-refractivity contribution in [2.45, 2.75) is 25.8 Å². The Labute approximate surface area is 98.3 Å². The summed E-state index contributed by atoms with van der Waals surface area (Å²) in [7, 11) is 0. The van der Waals surface area contributed by atoms with Gasteiger partial charge >= 0.3 is 5.97 Å². The Balaban J connectivity index is 1.99.